The smallest absolute Gasteiger partial charge is 0.193 e. The zero-order valence-corrected chi connectivity index (χ0v) is 22.0. The Morgan fingerprint density at radius 2 is 1.62 bits per heavy atom. The molecule has 4 heteroatoms. The molecule has 0 bridgehead atoms. The predicted octanol–water partition coefficient (Wildman–Crippen LogP) is 5.66. The zero-order valence-electron chi connectivity index (χ0n) is 22.0. The Bertz CT molecular complexity index is 1100. The molecule has 0 spiro atoms. The molecular weight excluding hydrogens is 424 g/mol. The Morgan fingerprint density at radius 1 is 0.971 bits per heavy atom. The maximum Gasteiger partial charge on any atom is 0.193 e. The SMILES string of the molecule is CC1CC(C)(CC(C)(C)c2cccc(C(=O)C(C)(C)O)c2)c2ccc(CC(=O)C(C)(C)O)cc21. The van der Waals surface area contributed by atoms with Crippen molar-refractivity contribution in [1.29, 1.82) is 0 Å². The molecule has 2 aromatic rings. The highest BCUT2D eigenvalue weighted by Crippen LogP contribution is 2.51. The first-order chi connectivity index (χ1) is 15.4. The van der Waals surface area contributed by atoms with E-state index in [9.17, 15) is 19.8 Å². The van der Waals surface area contributed by atoms with Crippen molar-refractivity contribution >= 4 is 11.6 Å². The lowest BCUT2D eigenvalue weighted by Gasteiger charge is -2.36. The number of hydrogen-bond donors (Lipinski definition) is 2. The fraction of sp³-hybridized carbons (Fsp3) is 0.533. The molecule has 34 heavy (non-hydrogen) atoms. The molecule has 2 N–H and O–H groups in total. The molecule has 2 unspecified atom stereocenters. The van der Waals surface area contributed by atoms with Gasteiger partial charge in [0.25, 0.3) is 0 Å². The summed E-state index contributed by atoms with van der Waals surface area (Å²) < 4.78 is 0. The number of rotatable bonds is 8. The molecule has 0 heterocycles. The molecule has 3 rings (SSSR count). The summed E-state index contributed by atoms with van der Waals surface area (Å²) >= 11 is 0. The van der Waals surface area contributed by atoms with Crippen LogP contribution in [0.5, 0.6) is 0 Å². The van der Waals surface area contributed by atoms with Gasteiger partial charge in [-0.05, 0) is 85.6 Å². The van der Waals surface area contributed by atoms with Crippen molar-refractivity contribution in [2.45, 2.75) is 103 Å². The topological polar surface area (TPSA) is 74.6 Å². The van der Waals surface area contributed by atoms with Gasteiger partial charge in [0.2, 0.25) is 0 Å². The third-order valence-electron chi connectivity index (χ3n) is 7.39. The van der Waals surface area contributed by atoms with Gasteiger partial charge in [-0.2, -0.15) is 0 Å². The molecule has 0 saturated carbocycles. The highest BCUT2D eigenvalue weighted by atomic mass is 16.3. The number of carbonyl (C=O) groups excluding carboxylic acids is 2. The van der Waals surface area contributed by atoms with Crippen molar-refractivity contribution in [2.24, 2.45) is 0 Å². The highest BCUT2D eigenvalue weighted by molar-refractivity contribution is 6.01. The third-order valence-corrected chi connectivity index (χ3v) is 7.39. The van der Waals surface area contributed by atoms with Crippen LogP contribution in [0.15, 0.2) is 42.5 Å². The first kappa shape index (κ1) is 26.3. The second kappa shape index (κ2) is 8.73. The standard InChI is InChI=1S/C30H40O4/c1-19-17-30(8,24-13-12-20(14-23(19)24)15-25(31)28(4,5)33)18-27(2,3)22-11-9-10-21(16-22)26(32)29(6,7)34/h9-14,16,19,33-34H,15,17-18H2,1-8H3. The molecule has 0 fully saturated rings. The molecule has 184 valence electrons. The van der Waals surface area contributed by atoms with Crippen molar-refractivity contribution in [1.82, 2.24) is 0 Å². The lowest BCUT2D eigenvalue weighted by Crippen LogP contribution is -2.33. The van der Waals surface area contributed by atoms with Crippen LogP contribution in [-0.4, -0.2) is 33.0 Å². The van der Waals surface area contributed by atoms with E-state index >= 15 is 0 Å². The van der Waals surface area contributed by atoms with Crippen molar-refractivity contribution in [3.05, 3.63) is 70.3 Å². The Hall–Kier alpha value is -2.30. The molecule has 0 saturated heterocycles. The molecule has 2 aromatic carbocycles. The quantitative estimate of drug-likeness (QED) is 0.495. The van der Waals surface area contributed by atoms with Gasteiger partial charge in [-0.15, -0.1) is 0 Å². The first-order valence-electron chi connectivity index (χ1n) is 12.2. The van der Waals surface area contributed by atoms with Gasteiger partial charge in [-0.1, -0.05) is 64.1 Å². The van der Waals surface area contributed by atoms with Gasteiger partial charge < -0.3 is 10.2 Å². The molecule has 1 aliphatic rings. The van der Waals surface area contributed by atoms with Gasteiger partial charge in [-0.3, -0.25) is 9.59 Å². The van der Waals surface area contributed by atoms with Crippen LogP contribution in [-0.2, 0) is 22.0 Å². The minimum absolute atomic E-state index is 0.0483. The van der Waals surface area contributed by atoms with E-state index in [4.69, 9.17) is 0 Å². The van der Waals surface area contributed by atoms with E-state index in [0.717, 1.165) is 24.0 Å². The minimum Gasteiger partial charge on any atom is -0.383 e. The summed E-state index contributed by atoms with van der Waals surface area (Å²) in [7, 11) is 0. The van der Waals surface area contributed by atoms with Crippen LogP contribution >= 0.6 is 0 Å². The van der Waals surface area contributed by atoms with Gasteiger partial charge in [-0.25, -0.2) is 0 Å². The summed E-state index contributed by atoms with van der Waals surface area (Å²) in [5, 5.41) is 20.2. The monoisotopic (exact) mass is 464 g/mol. The van der Waals surface area contributed by atoms with Gasteiger partial charge in [0.1, 0.15) is 11.2 Å². The van der Waals surface area contributed by atoms with Crippen molar-refractivity contribution in [3.63, 3.8) is 0 Å². The van der Waals surface area contributed by atoms with Crippen molar-refractivity contribution in [2.75, 3.05) is 0 Å². The minimum atomic E-state index is -1.40. The summed E-state index contributed by atoms with van der Waals surface area (Å²) in [5.74, 6) is -0.0806. The van der Waals surface area contributed by atoms with E-state index < -0.39 is 11.2 Å². The van der Waals surface area contributed by atoms with Crippen LogP contribution in [0.2, 0.25) is 0 Å². The Labute approximate surface area is 204 Å². The number of aliphatic hydroxyl groups is 2. The molecule has 0 aromatic heterocycles. The number of fused-ring (bicyclic) bond motifs is 1. The highest BCUT2D eigenvalue weighted by Gasteiger charge is 2.42. The van der Waals surface area contributed by atoms with Gasteiger partial charge in [0.15, 0.2) is 11.6 Å². The van der Waals surface area contributed by atoms with E-state index in [1.165, 1.54) is 38.8 Å². The fourth-order valence-electron chi connectivity index (χ4n) is 5.66. The Morgan fingerprint density at radius 3 is 2.21 bits per heavy atom. The van der Waals surface area contributed by atoms with E-state index in [2.05, 4.69) is 45.9 Å². The molecule has 4 nitrogen and oxygen atoms in total. The van der Waals surface area contributed by atoms with Crippen molar-refractivity contribution in [3.8, 4) is 0 Å². The molecule has 0 radical (unpaired) electrons. The summed E-state index contributed by atoms with van der Waals surface area (Å²) in [6, 6.07) is 14.0. The molecule has 2 atom stereocenters. The third kappa shape index (κ3) is 5.34. The van der Waals surface area contributed by atoms with Crippen LogP contribution < -0.4 is 0 Å². The van der Waals surface area contributed by atoms with Crippen molar-refractivity contribution < 1.29 is 19.8 Å². The van der Waals surface area contributed by atoms with E-state index in [-0.39, 0.29) is 28.8 Å². The fourth-order valence-corrected chi connectivity index (χ4v) is 5.66. The molecule has 0 amide bonds. The molecule has 0 aliphatic heterocycles. The van der Waals surface area contributed by atoms with Crippen LogP contribution in [0.4, 0.5) is 0 Å². The van der Waals surface area contributed by atoms with E-state index in [1.807, 2.05) is 18.2 Å². The zero-order chi connectivity index (χ0) is 25.7. The second-order valence-electron chi connectivity index (χ2n) is 12.3. The van der Waals surface area contributed by atoms with Crippen LogP contribution in [0.1, 0.15) is 107 Å². The summed E-state index contributed by atoms with van der Waals surface area (Å²) in [5.41, 5.74) is 2.18. The van der Waals surface area contributed by atoms with Gasteiger partial charge in [0.05, 0.1) is 0 Å². The van der Waals surface area contributed by atoms with Crippen LogP contribution in [0.25, 0.3) is 0 Å². The van der Waals surface area contributed by atoms with E-state index in [1.54, 1.807) is 6.07 Å². The summed E-state index contributed by atoms with van der Waals surface area (Å²) in [6.45, 7) is 15.1. The maximum atomic E-state index is 12.6. The maximum absolute atomic E-state index is 12.6. The second-order valence-corrected chi connectivity index (χ2v) is 12.3. The lowest BCUT2D eigenvalue weighted by atomic mass is 9.67. The Balaban J connectivity index is 1.90. The van der Waals surface area contributed by atoms with Crippen LogP contribution in [0.3, 0.4) is 0 Å². The number of carbonyl (C=O) groups is 2. The molecule has 1 aliphatic carbocycles. The largest absolute Gasteiger partial charge is 0.383 e. The number of benzene rings is 2. The Kier molecular flexibility index (Phi) is 6.75. The molecular formula is C30H40O4. The number of ketones is 2. The normalized spacial score (nSPS) is 20.8. The average molecular weight is 465 g/mol. The first-order valence-corrected chi connectivity index (χ1v) is 12.2. The lowest BCUT2D eigenvalue weighted by molar-refractivity contribution is -0.133. The summed E-state index contributed by atoms with van der Waals surface area (Å²) in [4.78, 5) is 25.0. The number of Topliss-reactive ketones (excluding diaryl/α,β-unsaturated/α-hetero) is 2. The van der Waals surface area contributed by atoms with Gasteiger partial charge >= 0.3 is 0 Å². The number of hydrogen-bond acceptors (Lipinski definition) is 4. The summed E-state index contributed by atoms with van der Waals surface area (Å²) in [6.07, 6.45) is 2.14. The van der Waals surface area contributed by atoms with Gasteiger partial charge in [0, 0.05) is 12.0 Å². The predicted molar refractivity (Wildman–Crippen MR) is 137 cm³/mol. The van der Waals surface area contributed by atoms with E-state index in [0.29, 0.717) is 11.5 Å². The van der Waals surface area contributed by atoms with Crippen LogP contribution in [0, 0.1) is 0 Å². The average Bonchev–Trinajstić information content (AvgIpc) is 2.95.